The van der Waals surface area contributed by atoms with Crippen molar-refractivity contribution in [1.29, 1.82) is 0 Å². The second-order valence-corrected chi connectivity index (χ2v) is 10.1. The minimum Gasteiger partial charge on any atom is -0.459 e. The maximum absolute atomic E-state index is 13.3. The van der Waals surface area contributed by atoms with Gasteiger partial charge in [0.05, 0.1) is 6.04 Å². The number of amides is 2. The third-order valence-corrected chi connectivity index (χ3v) is 5.39. The van der Waals surface area contributed by atoms with Gasteiger partial charge >= 0.3 is 5.97 Å². The van der Waals surface area contributed by atoms with Crippen molar-refractivity contribution in [2.75, 3.05) is 7.05 Å². The van der Waals surface area contributed by atoms with Crippen LogP contribution in [0.25, 0.3) is 0 Å². The number of carbonyl (C=O) groups is 3. The highest BCUT2D eigenvalue weighted by atomic mass is 16.5. The van der Waals surface area contributed by atoms with Crippen molar-refractivity contribution in [3.8, 4) is 0 Å². The van der Waals surface area contributed by atoms with E-state index in [9.17, 15) is 14.4 Å². The van der Waals surface area contributed by atoms with Gasteiger partial charge in [0.25, 0.3) is 0 Å². The van der Waals surface area contributed by atoms with E-state index >= 15 is 0 Å². The molecule has 0 fully saturated rings. The summed E-state index contributed by atoms with van der Waals surface area (Å²) in [5, 5.41) is 2.86. The van der Waals surface area contributed by atoms with Gasteiger partial charge in [0.2, 0.25) is 11.8 Å². The van der Waals surface area contributed by atoms with Crippen LogP contribution in [0, 0.1) is 17.8 Å². The molecule has 0 saturated heterocycles. The number of esters is 1. The number of ether oxygens (including phenoxy) is 1. The number of rotatable bonds is 13. The van der Waals surface area contributed by atoms with Gasteiger partial charge in [0.1, 0.15) is 18.7 Å². The first-order valence-corrected chi connectivity index (χ1v) is 12.0. The van der Waals surface area contributed by atoms with E-state index in [0.717, 1.165) is 5.56 Å². The van der Waals surface area contributed by atoms with Crippen molar-refractivity contribution < 1.29 is 19.1 Å². The smallest absolute Gasteiger partial charge is 0.328 e. The van der Waals surface area contributed by atoms with Crippen LogP contribution in [0.1, 0.15) is 66.4 Å². The summed E-state index contributed by atoms with van der Waals surface area (Å²) in [4.78, 5) is 40.4. The van der Waals surface area contributed by atoms with Gasteiger partial charge in [-0.15, -0.1) is 0 Å². The van der Waals surface area contributed by atoms with Gasteiger partial charge in [0.15, 0.2) is 0 Å². The molecule has 1 rings (SSSR count). The molecule has 0 unspecified atom stereocenters. The van der Waals surface area contributed by atoms with Gasteiger partial charge in [-0.25, -0.2) is 4.79 Å². The molecule has 1 aromatic rings. The van der Waals surface area contributed by atoms with Crippen LogP contribution in [0.5, 0.6) is 0 Å². The van der Waals surface area contributed by atoms with Crippen molar-refractivity contribution in [1.82, 2.24) is 10.2 Å². The van der Waals surface area contributed by atoms with Crippen LogP contribution < -0.4 is 11.1 Å². The fraction of sp³-hybridized carbons (Fsp3) is 0.654. The molecule has 0 aliphatic rings. The van der Waals surface area contributed by atoms with E-state index in [1.165, 1.54) is 4.90 Å². The zero-order chi connectivity index (χ0) is 25.1. The topological polar surface area (TPSA) is 102 Å². The largest absolute Gasteiger partial charge is 0.459 e. The second-order valence-electron chi connectivity index (χ2n) is 10.1. The first-order valence-electron chi connectivity index (χ1n) is 12.0. The summed E-state index contributed by atoms with van der Waals surface area (Å²) in [6.07, 6.45) is 1.45. The quantitative estimate of drug-likeness (QED) is 0.438. The molecular weight excluding hydrogens is 418 g/mol. The minimum atomic E-state index is -0.788. The Labute approximate surface area is 199 Å². The summed E-state index contributed by atoms with van der Waals surface area (Å²) < 4.78 is 5.49. The first-order chi connectivity index (χ1) is 15.4. The third-order valence-electron chi connectivity index (χ3n) is 5.39. The second kappa shape index (κ2) is 14.0. The molecule has 0 aliphatic carbocycles. The monoisotopic (exact) mass is 461 g/mol. The maximum atomic E-state index is 13.3. The van der Waals surface area contributed by atoms with Gasteiger partial charge in [0, 0.05) is 7.05 Å². The van der Waals surface area contributed by atoms with E-state index < -0.39 is 24.1 Å². The fourth-order valence-electron chi connectivity index (χ4n) is 3.69. The predicted octanol–water partition coefficient (Wildman–Crippen LogP) is 3.51. The molecule has 0 radical (unpaired) electrons. The van der Waals surface area contributed by atoms with Crippen molar-refractivity contribution >= 4 is 17.8 Å². The summed E-state index contributed by atoms with van der Waals surface area (Å²) >= 11 is 0. The molecular formula is C26H43N3O4. The van der Waals surface area contributed by atoms with Crippen LogP contribution in [0.15, 0.2) is 30.3 Å². The van der Waals surface area contributed by atoms with Crippen molar-refractivity contribution in [2.24, 2.45) is 23.5 Å². The molecule has 0 saturated carbocycles. The van der Waals surface area contributed by atoms with Crippen molar-refractivity contribution in [2.45, 2.75) is 85.5 Å². The lowest BCUT2D eigenvalue weighted by atomic mass is 9.98. The Morgan fingerprint density at radius 2 is 1.45 bits per heavy atom. The predicted molar refractivity (Wildman–Crippen MR) is 131 cm³/mol. The van der Waals surface area contributed by atoms with Crippen molar-refractivity contribution in [3.63, 3.8) is 0 Å². The Balaban J connectivity index is 2.95. The summed E-state index contributed by atoms with van der Waals surface area (Å²) in [6.45, 7) is 12.1. The van der Waals surface area contributed by atoms with Gasteiger partial charge in [-0.1, -0.05) is 71.9 Å². The molecule has 1 aromatic carbocycles. The Hall–Kier alpha value is -2.41. The zero-order valence-corrected chi connectivity index (χ0v) is 21.3. The molecule has 0 spiro atoms. The first kappa shape index (κ1) is 28.6. The van der Waals surface area contributed by atoms with Crippen LogP contribution in [0.2, 0.25) is 0 Å². The number of nitrogens with zero attached hydrogens (tertiary/aromatic N) is 1. The molecule has 2 amide bonds. The standard InChI is InChI=1S/C26H43N3O4/c1-17(2)13-21(27)25(31)29(7)23(15-19(5)6)24(30)28-22(14-18(3)4)26(32)33-16-20-11-9-8-10-12-20/h8-12,17-19,21-23H,13-16,27H2,1-7H3,(H,28,30)/t21-,22+,23+/m0/s1. The molecule has 0 heterocycles. The average molecular weight is 462 g/mol. The lowest BCUT2D eigenvalue weighted by Gasteiger charge is -2.32. The summed E-state index contributed by atoms with van der Waals surface area (Å²) in [6, 6.07) is 7.24. The Kier molecular flexibility index (Phi) is 12.1. The van der Waals surface area contributed by atoms with Crippen LogP contribution in [-0.4, -0.2) is 47.9 Å². The zero-order valence-electron chi connectivity index (χ0n) is 21.3. The van der Waals surface area contributed by atoms with Gasteiger partial charge < -0.3 is 20.7 Å². The number of nitrogens with one attached hydrogen (secondary N) is 1. The summed E-state index contributed by atoms with van der Waals surface area (Å²) in [5.41, 5.74) is 6.98. The minimum absolute atomic E-state index is 0.141. The van der Waals surface area contributed by atoms with E-state index in [1.54, 1.807) is 7.05 Å². The highest BCUT2D eigenvalue weighted by Gasteiger charge is 2.33. The van der Waals surface area contributed by atoms with E-state index in [2.05, 4.69) is 5.32 Å². The molecule has 0 aliphatic heterocycles. The van der Waals surface area contributed by atoms with E-state index in [-0.39, 0.29) is 36.2 Å². The van der Waals surface area contributed by atoms with Gasteiger partial charge in [-0.05, 0) is 42.6 Å². The number of hydrogen-bond acceptors (Lipinski definition) is 5. The molecule has 3 atom stereocenters. The van der Waals surface area contributed by atoms with Crippen LogP contribution >= 0.6 is 0 Å². The molecule has 7 nitrogen and oxygen atoms in total. The third kappa shape index (κ3) is 10.4. The molecule has 33 heavy (non-hydrogen) atoms. The number of benzene rings is 1. The molecule has 0 bridgehead atoms. The van der Waals surface area contributed by atoms with Crippen molar-refractivity contribution in [3.05, 3.63) is 35.9 Å². The van der Waals surface area contributed by atoms with E-state index in [4.69, 9.17) is 10.5 Å². The average Bonchev–Trinajstić information content (AvgIpc) is 2.74. The van der Waals surface area contributed by atoms with Crippen LogP contribution in [-0.2, 0) is 25.7 Å². The van der Waals surface area contributed by atoms with Crippen LogP contribution in [0.3, 0.4) is 0 Å². The van der Waals surface area contributed by atoms with Gasteiger partial charge in [-0.3, -0.25) is 9.59 Å². The Morgan fingerprint density at radius 1 is 0.909 bits per heavy atom. The van der Waals surface area contributed by atoms with E-state index in [0.29, 0.717) is 19.3 Å². The molecule has 0 aromatic heterocycles. The number of likely N-dealkylation sites (N-methyl/N-ethyl adjacent to an activating group) is 1. The molecule has 3 N–H and O–H groups in total. The van der Waals surface area contributed by atoms with Gasteiger partial charge in [-0.2, -0.15) is 0 Å². The fourth-order valence-corrected chi connectivity index (χ4v) is 3.69. The maximum Gasteiger partial charge on any atom is 0.328 e. The number of carbonyl (C=O) groups excluding carboxylic acids is 3. The lowest BCUT2D eigenvalue weighted by Crippen LogP contribution is -2.55. The Morgan fingerprint density at radius 3 is 1.97 bits per heavy atom. The Bertz CT molecular complexity index is 749. The van der Waals surface area contributed by atoms with Crippen LogP contribution in [0.4, 0.5) is 0 Å². The molecule has 186 valence electrons. The number of hydrogen-bond donors (Lipinski definition) is 2. The highest BCUT2D eigenvalue weighted by Crippen LogP contribution is 2.16. The highest BCUT2D eigenvalue weighted by molar-refractivity contribution is 5.92. The molecule has 7 heteroatoms. The van der Waals surface area contributed by atoms with E-state index in [1.807, 2.05) is 71.9 Å². The summed E-state index contributed by atoms with van der Waals surface area (Å²) in [5.74, 6) is -0.498. The lowest BCUT2D eigenvalue weighted by molar-refractivity contribution is -0.150. The SMILES string of the molecule is CC(C)C[C@H](C(=O)N[C@H](CC(C)C)C(=O)OCc1ccccc1)N(C)C(=O)[C@@H](N)CC(C)C. The summed E-state index contributed by atoms with van der Waals surface area (Å²) in [7, 11) is 1.61. The number of nitrogens with two attached hydrogens (primary N) is 1. The normalized spacial score (nSPS) is 14.2.